The lowest BCUT2D eigenvalue weighted by Gasteiger charge is -2.25. The number of amides is 1. The zero-order valence-electron chi connectivity index (χ0n) is 16.5. The Morgan fingerprint density at radius 1 is 1.06 bits per heavy atom. The predicted molar refractivity (Wildman–Crippen MR) is 115 cm³/mol. The first-order valence-corrected chi connectivity index (χ1v) is 10.1. The van der Waals surface area contributed by atoms with E-state index in [-0.39, 0.29) is 18.7 Å². The highest BCUT2D eigenvalue weighted by Gasteiger charge is 2.29. The summed E-state index contributed by atoms with van der Waals surface area (Å²) in [7, 11) is 0. The molecule has 31 heavy (non-hydrogen) atoms. The summed E-state index contributed by atoms with van der Waals surface area (Å²) in [5, 5.41) is 4.69. The summed E-state index contributed by atoms with van der Waals surface area (Å²) in [4.78, 5) is 20.1. The van der Waals surface area contributed by atoms with Gasteiger partial charge in [-0.15, -0.1) is 0 Å². The molecular formula is C24H19ClF2N2O2. The van der Waals surface area contributed by atoms with E-state index in [2.05, 4.69) is 5.16 Å². The SMILES string of the molecule is O=C(c1ccccc1F)N(Cc1cccc(F)c1)CC1CC(c2ccccc2Cl)=NO1. The molecule has 0 bridgehead atoms. The molecule has 1 heterocycles. The molecule has 4 nitrogen and oxygen atoms in total. The normalized spacial score (nSPS) is 15.3. The Morgan fingerprint density at radius 2 is 1.84 bits per heavy atom. The summed E-state index contributed by atoms with van der Waals surface area (Å²) < 4.78 is 27.9. The van der Waals surface area contributed by atoms with Crippen LogP contribution in [0.1, 0.15) is 27.9 Å². The standard InChI is InChI=1S/C24H19ClF2N2O2/c25-21-10-3-1-8-19(21)23-13-18(31-28-23)15-29(14-16-6-5-7-17(26)12-16)24(30)20-9-2-4-11-22(20)27/h1-12,18H,13-15H2. The van der Waals surface area contributed by atoms with E-state index in [1.807, 2.05) is 18.2 Å². The van der Waals surface area contributed by atoms with Crippen molar-refractivity contribution in [3.8, 4) is 0 Å². The fourth-order valence-electron chi connectivity index (χ4n) is 3.51. The highest BCUT2D eigenvalue weighted by molar-refractivity contribution is 6.34. The fraction of sp³-hybridized carbons (Fsp3) is 0.167. The van der Waals surface area contributed by atoms with Gasteiger partial charge in [0.15, 0.2) is 6.10 Å². The molecule has 1 atom stereocenters. The molecule has 4 rings (SSSR count). The third kappa shape index (κ3) is 4.91. The van der Waals surface area contributed by atoms with Crippen LogP contribution in [0.2, 0.25) is 5.02 Å². The minimum absolute atomic E-state index is 0.0517. The van der Waals surface area contributed by atoms with Crippen LogP contribution in [0.4, 0.5) is 8.78 Å². The van der Waals surface area contributed by atoms with Gasteiger partial charge in [0.05, 0.1) is 17.8 Å². The number of oxime groups is 1. The highest BCUT2D eigenvalue weighted by Crippen LogP contribution is 2.24. The molecule has 7 heteroatoms. The maximum atomic E-state index is 14.3. The largest absolute Gasteiger partial charge is 0.390 e. The number of hydrogen-bond donors (Lipinski definition) is 0. The van der Waals surface area contributed by atoms with Gasteiger partial charge in [0, 0.05) is 23.6 Å². The topological polar surface area (TPSA) is 41.9 Å². The molecule has 0 saturated carbocycles. The van der Waals surface area contributed by atoms with Gasteiger partial charge in [-0.05, 0) is 35.9 Å². The maximum Gasteiger partial charge on any atom is 0.257 e. The van der Waals surface area contributed by atoms with E-state index >= 15 is 0 Å². The minimum Gasteiger partial charge on any atom is -0.390 e. The van der Waals surface area contributed by atoms with E-state index in [1.165, 1.54) is 35.2 Å². The Labute approximate surface area is 183 Å². The second kappa shape index (κ2) is 9.27. The molecule has 0 aromatic heterocycles. The van der Waals surface area contributed by atoms with Crippen LogP contribution < -0.4 is 0 Å². The molecule has 3 aromatic carbocycles. The minimum atomic E-state index is -0.614. The van der Waals surface area contributed by atoms with Gasteiger partial charge in [-0.25, -0.2) is 8.78 Å². The summed E-state index contributed by atoms with van der Waals surface area (Å²) in [5.74, 6) is -1.52. The molecule has 0 spiro atoms. The van der Waals surface area contributed by atoms with Crippen LogP contribution in [0.25, 0.3) is 0 Å². The molecule has 1 aliphatic heterocycles. The molecule has 0 fully saturated rings. The van der Waals surface area contributed by atoms with E-state index < -0.39 is 23.6 Å². The van der Waals surface area contributed by atoms with Gasteiger partial charge in [-0.1, -0.05) is 59.2 Å². The zero-order valence-corrected chi connectivity index (χ0v) is 17.2. The highest BCUT2D eigenvalue weighted by atomic mass is 35.5. The van der Waals surface area contributed by atoms with Gasteiger partial charge >= 0.3 is 0 Å². The lowest BCUT2D eigenvalue weighted by Crippen LogP contribution is -2.37. The molecule has 0 aliphatic carbocycles. The van der Waals surface area contributed by atoms with Gasteiger partial charge in [0.2, 0.25) is 0 Å². The average molecular weight is 441 g/mol. The van der Waals surface area contributed by atoms with Gasteiger partial charge in [-0.2, -0.15) is 0 Å². The molecule has 0 N–H and O–H groups in total. The Kier molecular flexibility index (Phi) is 6.28. The first-order chi connectivity index (χ1) is 15.0. The van der Waals surface area contributed by atoms with Crippen molar-refractivity contribution in [2.24, 2.45) is 5.16 Å². The third-order valence-corrected chi connectivity index (χ3v) is 5.33. The average Bonchev–Trinajstić information content (AvgIpc) is 3.22. The number of carbonyl (C=O) groups is 1. The monoisotopic (exact) mass is 440 g/mol. The molecule has 1 aliphatic rings. The third-order valence-electron chi connectivity index (χ3n) is 5.00. The molecule has 0 saturated heterocycles. The maximum absolute atomic E-state index is 14.3. The van der Waals surface area contributed by atoms with Crippen molar-refractivity contribution in [2.45, 2.75) is 19.1 Å². The zero-order chi connectivity index (χ0) is 21.8. The van der Waals surface area contributed by atoms with Crippen LogP contribution in [0.5, 0.6) is 0 Å². The van der Waals surface area contributed by atoms with Crippen molar-refractivity contribution in [2.75, 3.05) is 6.54 Å². The molecule has 158 valence electrons. The van der Waals surface area contributed by atoms with Crippen molar-refractivity contribution in [3.63, 3.8) is 0 Å². The van der Waals surface area contributed by atoms with Gasteiger partial charge in [-0.3, -0.25) is 4.79 Å². The molecule has 1 amide bonds. The predicted octanol–water partition coefficient (Wildman–Crippen LogP) is 5.45. The van der Waals surface area contributed by atoms with Gasteiger partial charge in [0.1, 0.15) is 11.6 Å². The quantitative estimate of drug-likeness (QED) is 0.511. The van der Waals surface area contributed by atoms with Crippen LogP contribution >= 0.6 is 11.6 Å². The summed E-state index contributed by atoms with van der Waals surface area (Å²) in [6.45, 7) is 0.257. The fourth-order valence-corrected chi connectivity index (χ4v) is 3.75. The number of carbonyl (C=O) groups excluding carboxylic acids is 1. The van der Waals surface area contributed by atoms with Crippen molar-refractivity contribution in [1.29, 1.82) is 0 Å². The van der Waals surface area contributed by atoms with E-state index in [9.17, 15) is 13.6 Å². The molecule has 1 unspecified atom stereocenters. The molecule has 0 radical (unpaired) electrons. The smallest absolute Gasteiger partial charge is 0.257 e. The lowest BCUT2D eigenvalue weighted by atomic mass is 10.0. The molecule has 3 aromatic rings. The van der Waals surface area contributed by atoms with Crippen LogP contribution in [-0.4, -0.2) is 29.2 Å². The van der Waals surface area contributed by atoms with Gasteiger partial charge < -0.3 is 9.74 Å². The number of benzene rings is 3. The Balaban J connectivity index is 1.54. The van der Waals surface area contributed by atoms with Crippen molar-refractivity contribution < 1.29 is 18.4 Å². The Bertz CT molecular complexity index is 1140. The van der Waals surface area contributed by atoms with Crippen LogP contribution in [0.15, 0.2) is 78.0 Å². The van der Waals surface area contributed by atoms with Crippen LogP contribution in [0, 0.1) is 11.6 Å². The molecular weight excluding hydrogens is 422 g/mol. The summed E-state index contributed by atoms with van der Waals surface area (Å²) >= 11 is 6.25. The van der Waals surface area contributed by atoms with Crippen LogP contribution in [0.3, 0.4) is 0 Å². The van der Waals surface area contributed by atoms with Crippen LogP contribution in [-0.2, 0) is 11.4 Å². The first kappa shape index (κ1) is 21.0. The lowest BCUT2D eigenvalue weighted by molar-refractivity contribution is 0.0402. The Morgan fingerprint density at radius 3 is 2.61 bits per heavy atom. The first-order valence-electron chi connectivity index (χ1n) is 9.77. The van der Waals surface area contributed by atoms with Crippen molar-refractivity contribution in [3.05, 3.63) is 106 Å². The second-order valence-corrected chi connectivity index (χ2v) is 7.65. The summed E-state index contributed by atoms with van der Waals surface area (Å²) in [6.07, 6.45) is 0.00376. The van der Waals surface area contributed by atoms with E-state index in [4.69, 9.17) is 16.4 Å². The van der Waals surface area contributed by atoms with E-state index in [0.717, 1.165) is 5.56 Å². The number of hydrogen-bond acceptors (Lipinski definition) is 3. The number of rotatable bonds is 6. The van der Waals surface area contributed by atoms with E-state index in [1.54, 1.807) is 24.3 Å². The van der Waals surface area contributed by atoms with E-state index in [0.29, 0.717) is 22.7 Å². The summed E-state index contributed by atoms with van der Waals surface area (Å²) in [6, 6.07) is 19.0. The van der Waals surface area contributed by atoms with Crippen molar-refractivity contribution in [1.82, 2.24) is 4.90 Å². The number of halogens is 3. The summed E-state index contributed by atoms with van der Waals surface area (Å²) in [5.41, 5.74) is 1.99. The van der Waals surface area contributed by atoms with Crippen molar-refractivity contribution >= 4 is 23.2 Å². The number of nitrogens with zero attached hydrogens (tertiary/aromatic N) is 2. The Hall–Kier alpha value is -3.25. The van der Waals surface area contributed by atoms with Gasteiger partial charge in [0.25, 0.3) is 5.91 Å². The second-order valence-electron chi connectivity index (χ2n) is 7.24.